The van der Waals surface area contributed by atoms with Crippen molar-refractivity contribution in [2.24, 2.45) is 0 Å². The zero-order valence-electron chi connectivity index (χ0n) is 40.1. The Labute approximate surface area is 381 Å². The molecule has 0 aliphatic carbocycles. The molecule has 0 aromatic rings. The molecule has 6 nitrogen and oxygen atoms in total. The topological polar surface area (TPSA) is 78.9 Å². The number of hydrogen-bond acceptors (Lipinski definition) is 6. The molecule has 0 saturated carbocycles. The molecule has 62 heavy (non-hydrogen) atoms. The standard InChI is InChI=1S/C56H92O6/c1-4-7-10-13-16-19-22-25-26-27-28-29-32-34-37-40-43-46-49-55(58)61-52-53(62-56(59)50-47-44-41-38-35-31-24-21-18-15-12-9-6-3)51-60-54(57)48-45-42-39-36-33-30-23-20-17-14-11-8-5-2/h8-9,11-12,14-15,17-18,20-21,23-24,30-31,33,35,53H,4-7,10,13,16,19,22,25-29,32,34,36-52H2,1-3H3/b11-8+,12-9+,17-14+,18-15+,23-20+,24-21+,33-30+,35-31+. The number of rotatable bonds is 44. The number of carbonyl (C=O) groups excluding carboxylic acids is 3. The largest absolute Gasteiger partial charge is 0.462 e. The molecule has 0 spiro atoms. The van der Waals surface area contributed by atoms with E-state index in [1.807, 2.05) is 72.9 Å². The van der Waals surface area contributed by atoms with Crippen molar-refractivity contribution in [3.8, 4) is 0 Å². The van der Waals surface area contributed by atoms with Gasteiger partial charge in [0.25, 0.3) is 0 Å². The first-order valence-corrected chi connectivity index (χ1v) is 25.3. The highest BCUT2D eigenvalue weighted by atomic mass is 16.6. The van der Waals surface area contributed by atoms with E-state index >= 15 is 0 Å². The lowest BCUT2D eigenvalue weighted by molar-refractivity contribution is -0.167. The first-order valence-electron chi connectivity index (χ1n) is 25.3. The van der Waals surface area contributed by atoms with E-state index in [0.717, 1.165) is 77.0 Å². The van der Waals surface area contributed by atoms with E-state index in [9.17, 15) is 14.4 Å². The van der Waals surface area contributed by atoms with E-state index in [4.69, 9.17) is 14.2 Å². The van der Waals surface area contributed by atoms with Crippen LogP contribution < -0.4 is 0 Å². The Kier molecular flexibility index (Phi) is 47.0. The number of unbranched alkanes of at least 4 members (excludes halogenated alkanes) is 23. The van der Waals surface area contributed by atoms with Crippen molar-refractivity contribution >= 4 is 17.9 Å². The van der Waals surface area contributed by atoms with Crippen molar-refractivity contribution in [2.75, 3.05) is 13.2 Å². The average molecular weight is 861 g/mol. The maximum atomic E-state index is 12.8. The molecule has 0 heterocycles. The highest BCUT2D eigenvalue weighted by Gasteiger charge is 2.19. The summed E-state index contributed by atoms with van der Waals surface area (Å²) in [4.78, 5) is 37.9. The van der Waals surface area contributed by atoms with Gasteiger partial charge in [-0.3, -0.25) is 14.4 Å². The van der Waals surface area contributed by atoms with Crippen molar-refractivity contribution < 1.29 is 28.6 Å². The lowest BCUT2D eigenvalue weighted by Gasteiger charge is -2.18. The fourth-order valence-electron chi connectivity index (χ4n) is 6.76. The molecule has 1 unspecified atom stereocenters. The monoisotopic (exact) mass is 861 g/mol. The molecule has 0 rings (SSSR count). The van der Waals surface area contributed by atoms with E-state index in [-0.39, 0.29) is 37.5 Å². The molecule has 0 amide bonds. The molecule has 0 aromatic heterocycles. The molecule has 0 aromatic carbocycles. The number of hydrogen-bond donors (Lipinski definition) is 0. The van der Waals surface area contributed by atoms with Crippen LogP contribution in [-0.4, -0.2) is 37.2 Å². The number of allylic oxidation sites excluding steroid dienone is 16. The average Bonchev–Trinajstić information content (AvgIpc) is 3.27. The maximum absolute atomic E-state index is 12.8. The van der Waals surface area contributed by atoms with Gasteiger partial charge in [0, 0.05) is 19.3 Å². The number of esters is 3. The van der Waals surface area contributed by atoms with Gasteiger partial charge < -0.3 is 14.2 Å². The molecular weight excluding hydrogens is 769 g/mol. The zero-order chi connectivity index (χ0) is 45.1. The predicted octanol–water partition coefficient (Wildman–Crippen LogP) is 16.6. The SMILES string of the molecule is CC/C=C/C=C/C=C/C=C/CCCCCC(=O)OCC(COC(=O)CCCCCCCCCCCCCCCCCCCC)OC(=O)CCCCC/C=C/C=C/C=C/C=C/CC. The summed E-state index contributed by atoms with van der Waals surface area (Å²) in [6.45, 7) is 6.28. The highest BCUT2D eigenvalue weighted by Crippen LogP contribution is 2.15. The number of carbonyl (C=O) groups is 3. The van der Waals surface area contributed by atoms with E-state index < -0.39 is 6.10 Å². The Morgan fingerprint density at radius 3 is 0.984 bits per heavy atom. The lowest BCUT2D eigenvalue weighted by Crippen LogP contribution is -2.30. The normalized spacial score (nSPS) is 12.9. The summed E-state index contributed by atoms with van der Waals surface area (Å²) in [5, 5.41) is 0. The molecule has 0 bridgehead atoms. The summed E-state index contributed by atoms with van der Waals surface area (Å²) >= 11 is 0. The first-order chi connectivity index (χ1) is 30.5. The third-order valence-electron chi connectivity index (χ3n) is 10.5. The van der Waals surface area contributed by atoms with Crippen LogP contribution in [0.3, 0.4) is 0 Å². The van der Waals surface area contributed by atoms with Gasteiger partial charge in [0.05, 0.1) is 0 Å². The fraction of sp³-hybridized carbons (Fsp3) is 0.661. The quantitative estimate of drug-likeness (QED) is 0.0263. The summed E-state index contributed by atoms with van der Waals surface area (Å²) < 4.78 is 16.7. The molecule has 0 N–H and O–H groups in total. The molecule has 0 radical (unpaired) electrons. The van der Waals surface area contributed by atoms with Crippen LogP contribution in [0.5, 0.6) is 0 Å². The van der Waals surface area contributed by atoms with Crippen LogP contribution in [0.15, 0.2) is 97.2 Å². The highest BCUT2D eigenvalue weighted by molar-refractivity contribution is 5.71. The van der Waals surface area contributed by atoms with Crippen LogP contribution in [0.4, 0.5) is 0 Å². The minimum Gasteiger partial charge on any atom is -0.462 e. The Morgan fingerprint density at radius 1 is 0.339 bits per heavy atom. The second kappa shape index (κ2) is 50.0. The van der Waals surface area contributed by atoms with Gasteiger partial charge in [-0.1, -0.05) is 240 Å². The van der Waals surface area contributed by atoms with Crippen molar-refractivity contribution in [2.45, 2.75) is 226 Å². The molecule has 0 aliphatic rings. The Hall–Kier alpha value is -3.67. The van der Waals surface area contributed by atoms with Gasteiger partial charge in [-0.2, -0.15) is 0 Å². The van der Waals surface area contributed by atoms with Gasteiger partial charge in [0.1, 0.15) is 13.2 Å². The molecule has 0 aliphatic heterocycles. The molecular formula is C56H92O6. The van der Waals surface area contributed by atoms with Crippen LogP contribution in [0.2, 0.25) is 0 Å². The van der Waals surface area contributed by atoms with Crippen LogP contribution in [0, 0.1) is 0 Å². The minimum atomic E-state index is -0.812. The molecule has 352 valence electrons. The van der Waals surface area contributed by atoms with Crippen molar-refractivity contribution in [1.82, 2.24) is 0 Å². The van der Waals surface area contributed by atoms with Gasteiger partial charge in [0.2, 0.25) is 0 Å². The summed E-state index contributed by atoms with van der Waals surface area (Å²) in [7, 11) is 0. The third-order valence-corrected chi connectivity index (χ3v) is 10.5. The third kappa shape index (κ3) is 47.4. The second-order valence-corrected chi connectivity index (χ2v) is 16.5. The van der Waals surface area contributed by atoms with Crippen LogP contribution >= 0.6 is 0 Å². The molecule has 6 heteroatoms. The number of ether oxygens (including phenoxy) is 3. The first kappa shape index (κ1) is 58.3. The van der Waals surface area contributed by atoms with E-state index in [1.54, 1.807) is 0 Å². The lowest BCUT2D eigenvalue weighted by atomic mass is 10.0. The Bertz CT molecular complexity index is 1260. The summed E-state index contributed by atoms with van der Waals surface area (Å²) in [6, 6.07) is 0. The molecule has 1 atom stereocenters. The van der Waals surface area contributed by atoms with Gasteiger partial charge in [-0.15, -0.1) is 0 Å². The van der Waals surface area contributed by atoms with Crippen LogP contribution in [-0.2, 0) is 28.6 Å². The Morgan fingerprint density at radius 2 is 0.629 bits per heavy atom. The van der Waals surface area contributed by atoms with Crippen molar-refractivity contribution in [3.05, 3.63) is 97.2 Å². The zero-order valence-corrected chi connectivity index (χ0v) is 40.1. The molecule has 0 fully saturated rings. The summed E-state index contributed by atoms with van der Waals surface area (Å²) in [5.74, 6) is -0.989. The van der Waals surface area contributed by atoms with Crippen LogP contribution in [0.25, 0.3) is 0 Å². The van der Waals surface area contributed by atoms with Crippen LogP contribution in [0.1, 0.15) is 220 Å². The minimum absolute atomic E-state index is 0.106. The fourth-order valence-corrected chi connectivity index (χ4v) is 6.76. The Balaban J connectivity index is 4.44. The predicted molar refractivity (Wildman–Crippen MR) is 265 cm³/mol. The maximum Gasteiger partial charge on any atom is 0.306 e. The van der Waals surface area contributed by atoms with E-state index in [0.29, 0.717) is 19.3 Å². The van der Waals surface area contributed by atoms with E-state index in [2.05, 4.69) is 45.1 Å². The van der Waals surface area contributed by atoms with Gasteiger partial charge in [-0.25, -0.2) is 0 Å². The van der Waals surface area contributed by atoms with Gasteiger partial charge >= 0.3 is 17.9 Å². The van der Waals surface area contributed by atoms with Gasteiger partial charge in [0.15, 0.2) is 6.10 Å². The molecule has 0 saturated heterocycles. The van der Waals surface area contributed by atoms with E-state index in [1.165, 1.54) is 96.3 Å². The van der Waals surface area contributed by atoms with Gasteiger partial charge in [-0.05, 0) is 57.8 Å². The van der Waals surface area contributed by atoms with Crippen molar-refractivity contribution in [3.63, 3.8) is 0 Å². The second-order valence-electron chi connectivity index (χ2n) is 16.5. The van der Waals surface area contributed by atoms with Crippen molar-refractivity contribution in [1.29, 1.82) is 0 Å². The summed E-state index contributed by atoms with van der Waals surface area (Å²) in [6.07, 6.45) is 65.4. The smallest absolute Gasteiger partial charge is 0.306 e. The summed E-state index contributed by atoms with van der Waals surface area (Å²) in [5.41, 5.74) is 0.